The number of para-hydroxylation sites is 3. The Morgan fingerprint density at radius 3 is 1.92 bits per heavy atom. The zero-order chi connectivity index (χ0) is 33.5. The molecule has 0 bridgehead atoms. The first kappa shape index (κ1) is 28.1. The molecule has 0 aliphatic carbocycles. The molecular formula is C47H31N3O. The van der Waals surface area contributed by atoms with E-state index in [0.29, 0.717) is 0 Å². The highest BCUT2D eigenvalue weighted by atomic mass is 16.3. The van der Waals surface area contributed by atoms with Gasteiger partial charge in [-0.3, -0.25) is 0 Å². The predicted octanol–water partition coefficient (Wildman–Crippen LogP) is 12.0. The normalized spacial score (nSPS) is 14.7. The van der Waals surface area contributed by atoms with Gasteiger partial charge in [-0.25, -0.2) is 0 Å². The van der Waals surface area contributed by atoms with Gasteiger partial charge in [0.1, 0.15) is 5.58 Å². The van der Waals surface area contributed by atoms with Gasteiger partial charge in [-0.1, -0.05) is 115 Å². The standard InChI is InChI=1S/C47H31N3O/c1-4-13-30(14-5-1)40-20-12-21-41(48-40)31-23-24-34-38-28-39-36-25-26-37-35-19-10-11-22-45(35)51-47(37)46(36)50(33-17-8-3-9-18-33)44(39)29-43(38)49(42(34)27-31)32-15-6-2-7-16-32/h1-29,40,48H. The molecule has 1 aliphatic heterocycles. The number of nitrogens with zero attached hydrogens (tertiary/aromatic N) is 2. The SMILES string of the molecule is C1=CC(c2ccccc2)NC(c2ccc3c4cc5c6ccc7c8ccccc8oc7c6n(-c6ccccc6)c5cc4n(-c4ccccc4)c3c2)=C1. The van der Waals surface area contributed by atoms with Crippen molar-refractivity contribution in [1.29, 1.82) is 0 Å². The second-order valence-electron chi connectivity index (χ2n) is 13.4. The third-order valence-corrected chi connectivity index (χ3v) is 10.5. The fraction of sp³-hybridized carbons (Fsp3) is 0.0213. The molecule has 4 heteroatoms. The van der Waals surface area contributed by atoms with E-state index in [1.165, 1.54) is 32.6 Å². The number of nitrogens with one attached hydrogen (secondary N) is 1. The summed E-state index contributed by atoms with van der Waals surface area (Å²) in [5.74, 6) is 0. The lowest BCUT2D eigenvalue weighted by Gasteiger charge is -2.22. The zero-order valence-corrected chi connectivity index (χ0v) is 27.6. The Bertz CT molecular complexity index is 3030. The molecule has 0 spiro atoms. The minimum absolute atomic E-state index is 0.118. The predicted molar refractivity (Wildman–Crippen MR) is 212 cm³/mol. The molecule has 11 rings (SSSR count). The summed E-state index contributed by atoms with van der Waals surface area (Å²) in [6, 6.07) is 56.6. The van der Waals surface area contributed by atoms with Crippen LogP contribution in [0.2, 0.25) is 0 Å². The second-order valence-corrected chi connectivity index (χ2v) is 13.4. The first-order valence-electron chi connectivity index (χ1n) is 17.5. The second kappa shape index (κ2) is 10.9. The fourth-order valence-corrected chi connectivity index (χ4v) is 8.22. The maximum absolute atomic E-state index is 6.66. The van der Waals surface area contributed by atoms with Crippen LogP contribution in [0.25, 0.3) is 82.6 Å². The number of hydrogen-bond donors (Lipinski definition) is 1. The number of hydrogen-bond acceptors (Lipinski definition) is 2. The average Bonchev–Trinajstić information content (AvgIpc) is 3.85. The minimum atomic E-state index is 0.118. The molecule has 10 aromatic rings. The average molecular weight is 654 g/mol. The maximum atomic E-state index is 6.66. The number of fused-ring (bicyclic) bond motifs is 10. The smallest absolute Gasteiger partial charge is 0.160 e. The Labute approximate surface area is 293 Å². The highest BCUT2D eigenvalue weighted by molar-refractivity contribution is 6.24. The van der Waals surface area contributed by atoms with Crippen molar-refractivity contribution in [2.75, 3.05) is 0 Å². The van der Waals surface area contributed by atoms with Gasteiger partial charge in [0.25, 0.3) is 0 Å². The first-order chi connectivity index (χ1) is 25.3. The summed E-state index contributed by atoms with van der Waals surface area (Å²) >= 11 is 0. The van der Waals surface area contributed by atoms with E-state index in [1.54, 1.807) is 0 Å². The van der Waals surface area contributed by atoms with Crippen LogP contribution in [0, 0.1) is 0 Å². The highest BCUT2D eigenvalue weighted by Gasteiger charge is 2.23. The number of aromatic nitrogens is 2. The summed E-state index contributed by atoms with van der Waals surface area (Å²) in [5, 5.41) is 10.9. The van der Waals surface area contributed by atoms with Gasteiger partial charge in [-0.2, -0.15) is 0 Å². The molecule has 4 nitrogen and oxygen atoms in total. The van der Waals surface area contributed by atoms with Crippen LogP contribution in [-0.4, -0.2) is 9.13 Å². The number of dihydropyridines is 1. The van der Waals surface area contributed by atoms with E-state index < -0.39 is 0 Å². The van der Waals surface area contributed by atoms with Gasteiger partial charge in [0, 0.05) is 49.4 Å². The number of rotatable bonds is 4. The summed E-state index contributed by atoms with van der Waals surface area (Å²) in [5.41, 5.74) is 12.1. The van der Waals surface area contributed by atoms with Gasteiger partial charge in [-0.05, 0) is 71.8 Å². The lowest BCUT2D eigenvalue weighted by molar-refractivity contribution is 0.671. The molecule has 1 unspecified atom stereocenters. The molecule has 1 aliphatic rings. The molecule has 0 saturated heterocycles. The molecule has 240 valence electrons. The molecule has 1 N–H and O–H groups in total. The van der Waals surface area contributed by atoms with Crippen LogP contribution in [0.15, 0.2) is 180 Å². The Morgan fingerprint density at radius 2 is 1.12 bits per heavy atom. The lowest BCUT2D eigenvalue weighted by Crippen LogP contribution is -2.20. The Balaban J connectivity index is 1.20. The maximum Gasteiger partial charge on any atom is 0.160 e. The molecule has 0 radical (unpaired) electrons. The van der Waals surface area contributed by atoms with Crippen LogP contribution in [0.4, 0.5) is 0 Å². The van der Waals surface area contributed by atoms with Gasteiger partial charge >= 0.3 is 0 Å². The van der Waals surface area contributed by atoms with E-state index in [4.69, 9.17) is 4.42 Å². The van der Waals surface area contributed by atoms with Crippen molar-refractivity contribution < 1.29 is 4.42 Å². The molecule has 0 fully saturated rings. The van der Waals surface area contributed by atoms with Crippen LogP contribution < -0.4 is 5.32 Å². The number of furan rings is 1. The van der Waals surface area contributed by atoms with E-state index in [0.717, 1.165) is 61.1 Å². The minimum Gasteiger partial charge on any atom is -0.454 e. The van der Waals surface area contributed by atoms with Crippen molar-refractivity contribution in [2.45, 2.75) is 6.04 Å². The first-order valence-corrected chi connectivity index (χ1v) is 17.5. The molecular weight excluding hydrogens is 623 g/mol. The lowest BCUT2D eigenvalue weighted by atomic mass is 10.0. The van der Waals surface area contributed by atoms with Crippen LogP contribution in [-0.2, 0) is 0 Å². The molecule has 51 heavy (non-hydrogen) atoms. The molecule has 0 amide bonds. The molecule has 0 saturated carbocycles. The van der Waals surface area contributed by atoms with Crippen molar-refractivity contribution in [3.05, 3.63) is 187 Å². The fourth-order valence-electron chi connectivity index (χ4n) is 8.22. The Kier molecular flexibility index (Phi) is 5.98. The van der Waals surface area contributed by atoms with E-state index in [2.05, 4.69) is 184 Å². The monoisotopic (exact) mass is 653 g/mol. The van der Waals surface area contributed by atoms with E-state index in [1.807, 2.05) is 6.07 Å². The Morgan fingerprint density at radius 1 is 0.490 bits per heavy atom. The summed E-state index contributed by atoms with van der Waals surface area (Å²) in [7, 11) is 0. The summed E-state index contributed by atoms with van der Waals surface area (Å²) in [6.45, 7) is 0. The van der Waals surface area contributed by atoms with Crippen LogP contribution in [0.3, 0.4) is 0 Å². The topological polar surface area (TPSA) is 35.0 Å². The summed E-state index contributed by atoms with van der Waals surface area (Å²) in [6.07, 6.45) is 6.56. The van der Waals surface area contributed by atoms with E-state index in [-0.39, 0.29) is 6.04 Å². The van der Waals surface area contributed by atoms with Gasteiger partial charge in [-0.15, -0.1) is 0 Å². The van der Waals surface area contributed by atoms with Crippen molar-refractivity contribution in [2.24, 2.45) is 0 Å². The highest BCUT2D eigenvalue weighted by Crippen LogP contribution is 2.43. The van der Waals surface area contributed by atoms with Gasteiger partial charge in [0.15, 0.2) is 5.58 Å². The zero-order valence-electron chi connectivity index (χ0n) is 27.6. The third-order valence-electron chi connectivity index (χ3n) is 10.5. The van der Waals surface area contributed by atoms with Crippen molar-refractivity contribution in [3.8, 4) is 11.4 Å². The van der Waals surface area contributed by atoms with Crippen LogP contribution >= 0.6 is 0 Å². The van der Waals surface area contributed by atoms with Crippen LogP contribution in [0.5, 0.6) is 0 Å². The molecule has 1 atom stereocenters. The molecule has 7 aromatic carbocycles. The Hall–Kier alpha value is -6.78. The van der Waals surface area contributed by atoms with Crippen molar-refractivity contribution >= 4 is 71.2 Å². The summed E-state index contributed by atoms with van der Waals surface area (Å²) < 4.78 is 11.5. The summed E-state index contributed by atoms with van der Waals surface area (Å²) in [4.78, 5) is 0. The number of benzene rings is 7. The van der Waals surface area contributed by atoms with Gasteiger partial charge in [0.05, 0.1) is 28.1 Å². The third kappa shape index (κ3) is 4.20. The quantitative estimate of drug-likeness (QED) is 0.205. The molecule has 4 heterocycles. The number of allylic oxidation sites excluding steroid dienone is 2. The van der Waals surface area contributed by atoms with E-state index >= 15 is 0 Å². The van der Waals surface area contributed by atoms with Crippen molar-refractivity contribution in [1.82, 2.24) is 14.5 Å². The van der Waals surface area contributed by atoms with E-state index in [9.17, 15) is 0 Å². The van der Waals surface area contributed by atoms with Crippen molar-refractivity contribution in [3.63, 3.8) is 0 Å². The van der Waals surface area contributed by atoms with Gasteiger partial charge in [0.2, 0.25) is 0 Å². The van der Waals surface area contributed by atoms with Gasteiger partial charge < -0.3 is 18.9 Å². The molecule has 3 aromatic heterocycles. The van der Waals surface area contributed by atoms with Crippen LogP contribution in [0.1, 0.15) is 17.2 Å². The largest absolute Gasteiger partial charge is 0.454 e.